The molecule has 0 aliphatic heterocycles. The smallest absolute Gasteiger partial charge is 0.166 e. The Morgan fingerprint density at radius 1 is 0.636 bits per heavy atom. The fourth-order valence-electron chi connectivity index (χ4n) is 7.93. The van der Waals surface area contributed by atoms with E-state index < -0.39 is 0 Å². The normalized spacial score (nSPS) is 37.6. The molecule has 0 aromatic rings. The summed E-state index contributed by atoms with van der Waals surface area (Å²) in [5.74, 6) is 3.63. The Hall–Kier alpha value is -0.620. The van der Waals surface area contributed by atoms with E-state index in [-0.39, 0.29) is 11.1 Å². The van der Waals surface area contributed by atoms with Gasteiger partial charge in [-0.25, -0.2) is 0 Å². The van der Waals surface area contributed by atoms with Crippen molar-refractivity contribution in [2.75, 3.05) is 13.1 Å². The van der Waals surface area contributed by atoms with Crippen LogP contribution >= 0.6 is 24.4 Å². The van der Waals surface area contributed by atoms with Crippen LogP contribution in [0.15, 0.2) is 0 Å². The lowest BCUT2D eigenvalue weighted by Gasteiger charge is -2.46. The molecule has 4 saturated carbocycles. The zero-order chi connectivity index (χ0) is 23.3. The van der Waals surface area contributed by atoms with Gasteiger partial charge in [-0.2, -0.15) is 0 Å². The summed E-state index contributed by atoms with van der Waals surface area (Å²) >= 11 is 11.3. The van der Waals surface area contributed by atoms with Crippen LogP contribution in [0.2, 0.25) is 0 Å². The molecule has 4 rings (SSSR count). The molecule has 4 bridgehead atoms. The number of fused-ring (bicyclic) bond motifs is 4. The largest absolute Gasteiger partial charge is 0.363 e. The fourth-order valence-corrected chi connectivity index (χ4v) is 8.63. The summed E-state index contributed by atoms with van der Waals surface area (Å²) in [6.07, 6.45) is 20.1. The predicted molar refractivity (Wildman–Crippen MR) is 147 cm³/mol. The second-order valence-corrected chi connectivity index (χ2v) is 13.4. The van der Waals surface area contributed by atoms with Crippen molar-refractivity contribution in [1.29, 1.82) is 0 Å². The average molecular weight is 493 g/mol. The lowest BCUT2D eigenvalue weighted by molar-refractivity contribution is 0.112. The monoisotopic (exact) mass is 492 g/mol. The van der Waals surface area contributed by atoms with Gasteiger partial charge in [0.15, 0.2) is 10.2 Å². The minimum absolute atomic E-state index is 0.193. The fraction of sp³-hybridized carbons (Fsp3) is 0.926. The Bertz CT molecular complexity index is 601. The van der Waals surface area contributed by atoms with Gasteiger partial charge in [0, 0.05) is 24.2 Å². The molecule has 33 heavy (non-hydrogen) atoms. The van der Waals surface area contributed by atoms with Crippen molar-refractivity contribution in [3.63, 3.8) is 0 Å². The van der Waals surface area contributed by atoms with Crippen molar-refractivity contribution in [3.05, 3.63) is 0 Å². The quantitative estimate of drug-likeness (QED) is 0.254. The minimum Gasteiger partial charge on any atom is -0.363 e. The summed E-state index contributed by atoms with van der Waals surface area (Å²) in [6.45, 7) is 6.68. The Kier molecular flexibility index (Phi) is 8.81. The van der Waals surface area contributed by atoms with Crippen LogP contribution in [0.4, 0.5) is 0 Å². The Morgan fingerprint density at radius 2 is 1.00 bits per heavy atom. The second-order valence-electron chi connectivity index (χ2n) is 12.6. The number of nitrogens with one attached hydrogen (secondary N) is 4. The topological polar surface area (TPSA) is 48.1 Å². The third-order valence-corrected chi connectivity index (χ3v) is 9.49. The molecule has 0 spiro atoms. The highest BCUT2D eigenvalue weighted by Gasteiger charge is 2.40. The summed E-state index contributed by atoms with van der Waals surface area (Å²) in [5, 5.41) is 16.0. The van der Waals surface area contributed by atoms with Crippen molar-refractivity contribution in [2.24, 2.45) is 23.7 Å². The number of unbranched alkanes of at least 4 members (excludes halogenated alkanes) is 2. The Morgan fingerprint density at radius 3 is 1.36 bits per heavy atom. The highest BCUT2D eigenvalue weighted by atomic mass is 32.1. The molecular weight excluding hydrogens is 444 g/mol. The maximum absolute atomic E-state index is 5.63. The van der Waals surface area contributed by atoms with E-state index in [1.807, 2.05) is 0 Å². The summed E-state index contributed by atoms with van der Waals surface area (Å²) in [7, 11) is 0. The van der Waals surface area contributed by atoms with Crippen molar-refractivity contribution < 1.29 is 0 Å². The highest BCUT2D eigenvalue weighted by Crippen LogP contribution is 2.45. The first-order chi connectivity index (χ1) is 15.8. The van der Waals surface area contributed by atoms with E-state index in [0.29, 0.717) is 0 Å². The zero-order valence-electron chi connectivity index (χ0n) is 21.1. The summed E-state index contributed by atoms with van der Waals surface area (Å²) in [4.78, 5) is 0. The maximum atomic E-state index is 5.63. The first-order valence-corrected chi connectivity index (χ1v) is 14.7. The van der Waals surface area contributed by atoms with Gasteiger partial charge in [-0.15, -0.1) is 0 Å². The van der Waals surface area contributed by atoms with Crippen LogP contribution in [0.25, 0.3) is 0 Å². The van der Waals surface area contributed by atoms with Gasteiger partial charge in [0.2, 0.25) is 0 Å². The summed E-state index contributed by atoms with van der Waals surface area (Å²) < 4.78 is 0. The van der Waals surface area contributed by atoms with Crippen molar-refractivity contribution >= 4 is 34.7 Å². The van der Waals surface area contributed by atoms with Crippen molar-refractivity contribution in [2.45, 2.75) is 121 Å². The molecule has 0 heterocycles. The number of rotatable bonds is 8. The molecule has 4 atom stereocenters. The van der Waals surface area contributed by atoms with E-state index in [1.54, 1.807) is 0 Å². The van der Waals surface area contributed by atoms with Crippen LogP contribution < -0.4 is 21.3 Å². The number of thiocarbonyl (C=S) groups is 2. The third kappa shape index (κ3) is 7.68. The molecule has 4 nitrogen and oxygen atoms in total. The summed E-state index contributed by atoms with van der Waals surface area (Å²) in [6, 6.07) is 0. The molecule has 0 radical (unpaired) electrons. The van der Waals surface area contributed by atoms with Gasteiger partial charge in [-0.1, -0.05) is 38.5 Å². The molecule has 4 aliphatic carbocycles. The van der Waals surface area contributed by atoms with E-state index in [9.17, 15) is 0 Å². The molecule has 0 aromatic heterocycles. The van der Waals surface area contributed by atoms with Gasteiger partial charge < -0.3 is 21.3 Å². The summed E-state index contributed by atoms with van der Waals surface area (Å²) in [5.41, 5.74) is 0.386. The van der Waals surface area contributed by atoms with Crippen LogP contribution in [0, 0.1) is 23.7 Å². The van der Waals surface area contributed by atoms with Crippen LogP contribution in [0.5, 0.6) is 0 Å². The van der Waals surface area contributed by atoms with Gasteiger partial charge in [0.05, 0.1) is 0 Å². The van der Waals surface area contributed by atoms with Crippen LogP contribution in [-0.2, 0) is 0 Å². The molecule has 0 saturated heterocycles. The first kappa shape index (κ1) is 25.5. The minimum atomic E-state index is 0.193. The van der Waals surface area contributed by atoms with Gasteiger partial charge in [0.1, 0.15) is 0 Å². The lowest BCUT2D eigenvalue weighted by Crippen LogP contribution is -2.54. The molecule has 0 amide bonds. The average Bonchev–Trinajstić information content (AvgIpc) is 2.71. The number of hydrogen-bond acceptors (Lipinski definition) is 2. The second kappa shape index (κ2) is 11.4. The van der Waals surface area contributed by atoms with Gasteiger partial charge in [0.25, 0.3) is 0 Å². The van der Waals surface area contributed by atoms with Gasteiger partial charge in [-0.05, 0) is 120 Å². The molecule has 4 unspecified atom stereocenters. The first-order valence-electron chi connectivity index (χ1n) is 13.9. The van der Waals surface area contributed by atoms with E-state index in [2.05, 4.69) is 35.1 Å². The van der Waals surface area contributed by atoms with E-state index in [4.69, 9.17) is 24.4 Å². The van der Waals surface area contributed by atoms with Crippen LogP contribution in [0.1, 0.15) is 110 Å². The molecule has 4 fully saturated rings. The number of hydrogen-bond donors (Lipinski definition) is 4. The SMILES string of the molecule is CC1(NC(=S)NCCCCCNC(=S)NC2(C)CC3CCCC(C3)C2)CC2CCCC(C2)C1. The van der Waals surface area contributed by atoms with E-state index >= 15 is 0 Å². The predicted octanol–water partition coefficient (Wildman–Crippen LogP) is 5.80. The van der Waals surface area contributed by atoms with Crippen LogP contribution in [-0.4, -0.2) is 34.4 Å². The Balaban J connectivity index is 1.04. The zero-order valence-corrected chi connectivity index (χ0v) is 22.8. The molecule has 188 valence electrons. The molecule has 4 aliphatic rings. The third-order valence-electron chi connectivity index (χ3n) is 8.99. The van der Waals surface area contributed by atoms with E-state index in [1.165, 1.54) is 83.5 Å². The van der Waals surface area contributed by atoms with Gasteiger partial charge >= 0.3 is 0 Å². The standard InChI is InChI=1S/C27H48N4S2/c1-26(16-20-8-6-9-21(14-20)17-26)30-24(32)28-12-4-3-5-13-29-25(33)31-27(2)18-22-10-7-11-23(15-22)19-27/h20-23H,3-19H2,1-2H3,(H2,28,30,32)(H2,29,31,33). The molecule has 6 heteroatoms. The van der Waals surface area contributed by atoms with Crippen molar-refractivity contribution in [3.8, 4) is 0 Å². The Labute approximate surface area is 213 Å². The molecule has 4 N–H and O–H groups in total. The van der Waals surface area contributed by atoms with Gasteiger partial charge in [-0.3, -0.25) is 0 Å². The lowest BCUT2D eigenvalue weighted by atomic mass is 9.65. The van der Waals surface area contributed by atoms with Crippen LogP contribution in [0.3, 0.4) is 0 Å². The molecular formula is C27H48N4S2. The molecule has 0 aromatic carbocycles. The highest BCUT2D eigenvalue weighted by molar-refractivity contribution is 7.80. The van der Waals surface area contributed by atoms with E-state index in [0.717, 1.165) is 59.8 Å². The maximum Gasteiger partial charge on any atom is 0.166 e. The van der Waals surface area contributed by atoms with Crippen molar-refractivity contribution in [1.82, 2.24) is 21.3 Å².